The Kier molecular flexibility index (Phi) is 12.3. The van der Waals surface area contributed by atoms with Gasteiger partial charge in [-0.15, -0.1) is 0 Å². The van der Waals surface area contributed by atoms with E-state index in [1.54, 1.807) is 0 Å². The number of hydrogen-bond donors (Lipinski definition) is 0. The van der Waals surface area contributed by atoms with Gasteiger partial charge in [-0.3, -0.25) is 14.5 Å². The van der Waals surface area contributed by atoms with Gasteiger partial charge in [0.25, 0.3) is 0 Å². The van der Waals surface area contributed by atoms with Gasteiger partial charge in [0.05, 0.1) is 13.2 Å². The predicted molar refractivity (Wildman–Crippen MR) is 173 cm³/mol. The van der Waals surface area contributed by atoms with Gasteiger partial charge in [0.2, 0.25) is 0 Å². The second-order valence-corrected chi connectivity index (χ2v) is 15.3. The molecule has 2 saturated heterocycles. The zero-order valence-corrected chi connectivity index (χ0v) is 28.8. The van der Waals surface area contributed by atoms with Crippen molar-refractivity contribution in [1.29, 1.82) is 0 Å². The fourth-order valence-corrected chi connectivity index (χ4v) is 7.79. The lowest BCUT2D eigenvalue weighted by molar-refractivity contribution is -0.300. The van der Waals surface area contributed by atoms with Crippen LogP contribution in [0.3, 0.4) is 0 Å². The van der Waals surface area contributed by atoms with E-state index in [1.165, 1.54) is 5.56 Å². The number of rotatable bonds is 10. The fourth-order valence-electron chi connectivity index (χ4n) is 7.79. The van der Waals surface area contributed by atoms with Crippen LogP contribution >= 0.6 is 0 Å². The van der Waals surface area contributed by atoms with Crippen molar-refractivity contribution >= 4 is 12.1 Å². The van der Waals surface area contributed by atoms with Crippen LogP contribution in [0.1, 0.15) is 106 Å². The van der Waals surface area contributed by atoms with Crippen LogP contribution in [0.4, 0.5) is 0 Å². The number of carbonyl (C=O) groups is 1. The molecule has 2 fully saturated rings. The molecule has 248 valence electrons. The van der Waals surface area contributed by atoms with Gasteiger partial charge >= 0.3 is 12.1 Å². The van der Waals surface area contributed by atoms with E-state index in [4.69, 9.17) is 24.0 Å². The smallest absolute Gasteiger partial charge is 0.373 e. The molecular formula is C37H54N2O6. The lowest BCUT2D eigenvalue weighted by atomic mass is 9.70. The zero-order chi connectivity index (χ0) is 33.5. The van der Waals surface area contributed by atoms with Gasteiger partial charge in [0.1, 0.15) is 6.10 Å². The molecule has 8 heteroatoms. The number of hydroxylamine groups is 4. The van der Waals surface area contributed by atoms with Crippen molar-refractivity contribution in [3.05, 3.63) is 71.8 Å². The normalized spacial score (nSPS) is 22.0. The van der Waals surface area contributed by atoms with Crippen molar-refractivity contribution in [2.45, 2.75) is 136 Å². The van der Waals surface area contributed by atoms with E-state index >= 15 is 0 Å². The molecule has 0 amide bonds. The van der Waals surface area contributed by atoms with Crippen LogP contribution in [0.2, 0.25) is 0 Å². The van der Waals surface area contributed by atoms with Crippen LogP contribution in [0.15, 0.2) is 60.7 Å². The summed E-state index contributed by atoms with van der Waals surface area (Å²) in [6.07, 6.45) is 3.97. The lowest BCUT2D eigenvalue weighted by Crippen LogP contribution is -2.62. The first-order chi connectivity index (χ1) is 21.0. The third-order valence-corrected chi connectivity index (χ3v) is 9.17. The van der Waals surface area contributed by atoms with E-state index in [9.17, 15) is 4.79 Å². The second kappa shape index (κ2) is 15.1. The molecule has 0 aliphatic carbocycles. The molecule has 0 saturated carbocycles. The van der Waals surface area contributed by atoms with Crippen molar-refractivity contribution in [2.75, 3.05) is 0 Å². The number of ether oxygens (including phenoxy) is 1. The van der Waals surface area contributed by atoms with Gasteiger partial charge in [-0.05, 0) is 91.2 Å². The van der Waals surface area contributed by atoms with Gasteiger partial charge in [-0.1, -0.05) is 67.6 Å². The molecule has 2 heterocycles. The Hall–Kier alpha value is -2.87. The standard InChI is InChI=1S/C36H54N2O4.CO2/c1-27(30-21-33(2,3)37(34(4,5)22-30)40-25-28-16-12-10-13-17-28)20-32(39)42-31-23-35(6,7)38(36(8,9)24-31)41-26-29-18-14-11-15-19-29;2-1-3/h10-19,27,30-31H,20-26H2,1-9H3;. The molecule has 2 aliphatic rings. The van der Waals surface area contributed by atoms with Gasteiger partial charge in [-0.2, -0.15) is 19.7 Å². The first kappa shape index (κ1) is 36.6. The second-order valence-electron chi connectivity index (χ2n) is 15.3. The fraction of sp³-hybridized carbons (Fsp3) is 0.622. The molecule has 45 heavy (non-hydrogen) atoms. The number of hydrogen-bond acceptors (Lipinski definition) is 8. The third kappa shape index (κ3) is 10.1. The summed E-state index contributed by atoms with van der Waals surface area (Å²) in [5.74, 6) is 0.541. The van der Waals surface area contributed by atoms with E-state index in [1.807, 2.05) is 36.4 Å². The molecule has 1 atom stereocenters. The highest BCUT2D eigenvalue weighted by Gasteiger charge is 2.49. The summed E-state index contributed by atoms with van der Waals surface area (Å²) in [6, 6.07) is 20.6. The van der Waals surface area contributed by atoms with E-state index in [0.717, 1.165) is 31.2 Å². The van der Waals surface area contributed by atoms with E-state index in [0.29, 0.717) is 25.6 Å². The number of nitrogens with zero attached hydrogens (tertiary/aromatic N) is 2. The number of benzene rings is 2. The monoisotopic (exact) mass is 622 g/mol. The molecule has 0 radical (unpaired) electrons. The molecule has 0 aromatic heterocycles. The molecule has 0 spiro atoms. The zero-order valence-electron chi connectivity index (χ0n) is 28.8. The average molecular weight is 623 g/mol. The van der Waals surface area contributed by atoms with Crippen molar-refractivity contribution in [3.63, 3.8) is 0 Å². The summed E-state index contributed by atoms with van der Waals surface area (Å²) in [6.45, 7) is 21.1. The maximum Gasteiger partial charge on any atom is 0.373 e. The minimum atomic E-state index is -0.270. The summed E-state index contributed by atoms with van der Waals surface area (Å²) >= 11 is 0. The number of carbonyl (C=O) groups excluding carboxylic acids is 3. The van der Waals surface area contributed by atoms with E-state index < -0.39 is 0 Å². The van der Waals surface area contributed by atoms with Crippen LogP contribution in [0.25, 0.3) is 0 Å². The summed E-state index contributed by atoms with van der Waals surface area (Å²) in [7, 11) is 0. The molecule has 0 bridgehead atoms. The average Bonchev–Trinajstić information content (AvgIpc) is 2.92. The minimum Gasteiger partial charge on any atom is -0.462 e. The van der Waals surface area contributed by atoms with Gasteiger partial charge in [-0.25, -0.2) is 0 Å². The Morgan fingerprint density at radius 1 is 0.711 bits per heavy atom. The largest absolute Gasteiger partial charge is 0.462 e. The topological polar surface area (TPSA) is 85.4 Å². The highest BCUT2D eigenvalue weighted by Crippen LogP contribution is 2.45. The van der Waals surface area contributed by atoms with Gasteiger partial charge in [0.15, 0.2) is 0 Å². The summed E-state index contributed by atoms with van der Waals surface area (Å²) < 4.78 is 6.19. The molecule has 2 aromatic rings. The number of piperidine rings is 2. The highest BCUT2D eigenvalue weighted by molar-refractivity contribution is 5.70. The molecule has 1 unspecified atom stereocenters. The highest BCUT2D eigenvalue weighted by atomic mass is 16.7. The van der Waals surface area contributed by atoms with Gasteiger partial charge < -0.3 is 4.74 Å². The maximum atomic E-state index is 13.3. The van der Waals surface area contributed by atoms with Crippen molar-refractivity contribution in [2.24, 2.45) is 11.8 Å². The van der Waals surface area contributed by atoms with E-state index in [-0.39, 0.29) is 46.3 Å². The first-order valence-corrected chi connectivity index (χ1v) is 16.1. The SMILES string of the molecule is CC(CC(=O)OC1CC(C)(C)N(OCc2ccccc2)C(C)(C)C1)C1CC(C)(C)N(OCc2ccccc2)C(C)(C)C1.O=C=O. The predicted octanol–water partition coefficient (Wildman–Crippen LogP) is 7.53. The third-order valence-electron chi connectivity index (χ3n) is 9.17. The number of esters is 1. The van der Waals surface area contributed by atoms with Crippen LogP contribution in [-0.2, 0) is 42.0 Å². The minimum absolute atomic E-state index is 0.0869. The van der Waals surface area contributed by atoms with Crippen LogP contribution in [-0.4, -0.2) is 50.5 Å². The van der Waals surface area contributed by atoms with Gasteiger partial charge in [0, 0.05) is 41.4 Å². The van der Waals surface area contributed by atoms with Crippen LogP contribution < -0.4 is 0 Å². The molecule has 8 nitrogen and oxygen atoms in total. The molecule has 2 aliphatic heterocycles. The molecule has 0 N–H and O–H groups in total. The van der Waals surface area contributed by atoms with Crippen LogP contribution in [0, 0.1) is 11.8 Å². The Bertz CT molecular complexity index is 1220. The summed E-state index contributed by atoms with van der Waals surface area (Å²) in [5.41, 5.74) is 1.47. The lowest BCUT2D eigenvalue weighted by Gasteiger charge is -2.55. The van der Waals surface area contributed by atoms with E-state index in [2.05, 4.69) is 96.7 Å². The summed E-state index contributed by atoms with van der Waals surface area (Å²) in [5, 5.41) is 4.32. The molecule has 2 aromatic carbocycles. The Balaban J connectivity index is 0.00000177. The quantitative estimate of drug-likeness (QED) is 0.252. The Morgan fingerprint density at radius 2 is 1.07 bits per heavy atom. The first-order valence-electron chi connectivity index (χ1n) is 16.1. The summed E-state index contributed by atoms with van der Waals surface area (Å²) in [4.78, 5) is 42.4. The Morgan fingerprint density at radius 3 is 1.44 bits per heavy atom. The Labute approximate surface area is 270 Å². The van der Waals surface area contributed by atoms with Crippen molar-refractivity contribution < 1.29 is 28.8 Å². The van der Waals surface area contributed by atoms with Crippen molar-refractivity contribution in [1.82, 2.24) is 10.1 Å². The maximum absolute atomic E-state index is 13.3. The van der Waals surface area contributed by atoms with Crippen molar-refractivity contribution in [3.8, 4) is 0 Å². The van der Waals surface area contributed by atoms with Crippen LogP contribution in [0.5, 0.6) is 0 Å². The molecule has 4 rings (SSSR count). The molecular weight excluding hydrogens is 568 g/mol.